The number of hydrogen-bond acceptors (Lipinski definition) is 6. The molecule has 12 heteroatoms. The van der Waals surface area contributed by atoms with Gasteiger partial charge in [-0.15, -0.1) is 0 Å². The summed E-state index contributed by atoms with van der Waals surface area (Å²) in [6, 6.07) is 10.4. The van der Waals surface area contributed by atoms with Crippen molar-refractivity contribution < 1.29 is 27.3 Å². The molecule has 2 aliphatic rings. The smallest absolute Gasteiger partial charge is 0.417 e. The molecule has 3 aromatic rings. The molecule has 1 aliphatic heterocycles. The fraction of sp³-hybridized carbons (Fsp3) is 0.333. The van der Waals surface area contributed by atoms with E-state index in [0.717, 1.165) is 30.7 Å². The fourth-order valence-electron chi connectivity index (χ4n) is 4.67. The van der Waals surface area contributed by atoms with Crippen LogP contribution in [0, 0.1) is 0 Å². The number of carbonyl (C=O) groups is 2. The summed E-state index contributed by atoms with van der Waals surface area (Å²) in [5.74, 6) is -0.0262. The summed E-state index contributed by atoms with van der Waals surface area (Å²) in [5.41, 5.74) is 1.61. The minimum Gasteiger partial charge on any atom is -0.612 e. The summed E-state index contributed by atoms with van der Waals surface area (Å²) in [6.45, 7) is 1.96. The van der Waals surface area contributed by atoms with Gasteiger partial charge in [-0.05, 0) is 71.5 Å². The van der Waals surface area contributed by atoms with E-state index in [9.17, 15) is 27.3 Å². The molecule has 2 atom stereocenters. The monoisotopic (exact) mass is 557 g/mol. The van der Waals surface area contributed by atoms with Gasteiger partial charge in [0.25, 0.3) is 5.91 Å². The van der Waals surface area contributed by atoms with Crippen molar-refractivity contribution in [2.45, 2.75) is 56.0 Å². The molecule has 1 saturated carbocycles. The summed E-state index contributed by atoms with van der Waals surface area (Å²) in [7, 11) is 0. The predicted octanol–water partition coefficient (Wildman–Crippen LogP) is 4.44. The first-order chi connectivity index (χ1) is 18.5. The Morgan fingerprint density at radius 1 is 1.13 bits per heavy atom. The number of halogens is 3. The molecule has 1 fully saturated rings. The number of carbonyl (C=O) groups excluding carboxylic acids is 2. The van der Waals surface area contributed by atoms with Crippen LogP contribution in [-0.4, -0.2) is 43.5 Å². The first-order valence-electron chi connectivity index (χ1n) is 12.3. The maximum atomic E-state index is 13.3. The number of nitrogens with one attached hydrogen (secondary N) is 1. The van der Waals surface area contributed by atoms with Crippen molar-refractivity contribution in [3.8, 4) is 0 Å². The van der Waals surface area contributed by atoms with Gasteiger partial charge in [0, 0.05) is 25.7 Å². The van der Waals surface area contributed by atoms with E-state index >= 15 is 0 Å². The minimum absolute atomic E-state index is 0.212. The van der Waals surface area contributed by atoms with Gasteiger partial charge < -0.3 is 19.7 Å². The lowest BCUT2D eigenvalue weighted by Crippen LogP contribution is -2.35. The van der Waals surface area contributed by atoms with Crippen molar-refractivity contribution in [3.05, 3.63) is 77.2 Å². The molecule has 2 aromatic heterocycles. The lowest BCUT2D eigenvalue weighted by atomic mass is 10.0. The lowest BCUT2D eigenvalue weighted by Gasteiger charge is -2.24. The maximum Gasteiger partial charge on any atom is 0.417 e. The highest BCUT2D eigenvalue weighted by atomic mass is 32.2. The average molecular weight is 558 g/mol. The van der Waals surface area contributed by atoms with Gasteiger partial charge in [0.2, 0.25) is 5.91 Å². The SMILES string of the molecule is CC(=O)N1Cc2cc([S+](C)[O-])ccc2C1C(=O)Nc1ccc(N(Cc2ccc(C(F)(F)F)cn2)C2CC2)nc1. The van der Waals surface area contributed by atoms with E-state index in [1.165, 1.54) is 24.1 Å². The van der Waals surface area contributed by atoms with Crippen LogP contribution in [0.5, 0.6) is 0 Å². The van der Waals surface area contributed by atoms with Crippen molar-refractivity contribution in [1.82, 2.24) is 14.9 Å². The molecule has 1 aliphatic carbocycles. The van der Waals surface area contributed by atoms with Gasteiger partial charge in [0.15, 0.2) is 4.90 Å². The molecule has 1 N–H and O–H groups in total. The number of alkyl halides is 3. The zero-order valence-corrected chi connectivity index (χ0v) is 22.1. The minimum atomic E-state index is -4.44. The molecule has 5 rings (SSSR count). The van der Waals surface area contributed by atoms with Crippen LogP contribution in [0.2, 0.25) is 0 Å². The van der Waals surface area contributed by atoms with Crippen LogP contribution in [0.25, 0.3) is 0 Å². The standard InChI is InChI=1S/C27H26F3N5O3S/c1-16(36)34-14-17-11-22(39(2)38)8-9-23(17)25(34)26(37)33-19-5-10-24(32-13-19)35(21-6-7-21)15-20-4-3-18(12-31-20)27(28,29)30/h3-5,8-13,21,25H,6-7,14-15H2,1-2H3,(H,33,37). The number of hydrogen-bond donors (Lipinski definition) is 1. The van der Waals surface area contributed by atoms with Crippen LogP contribution < -0.4 is 10.2 Å². The van der Waals surface area contributed by atoms with E-state index in [1.54, 1.807) is 36.6 Å². The van der Waals surface area contributed by atoms with Gasteiger partial charge in [-0.25, -0.2) is 4.98 Å². The van der Waals surface area contributed by atoms with E-state index in [4.69, 9.17) is 0 Å². The van der Waals surface area contributed by atoms with Crippen molar-refractivity contribution in [1.29, 1.82) is 0 Å². The lowest BCUT2D eigenvalue weighted by molar-refractivity contribution is -0.137. The number of anilines is 2. The second kappa shape index (κ2) is 10.5. The third-order valence-corrected chi connectivity index (χ3v) is 7.75. The molecule has 1 aromatic carbocycles. The third-order valence-electron chi connectivity index (χ3n) is 6.83. The van der Waals surface area contributed by atoms with Gasteiger partial charge in [0.1, 0.15) is 18.1 Å². The van der Waals surface area contributed by atoms with Gasteiger partial charge in [-0.1, -0.05) is 6.07 Å². The van der Waals surface area contributed by atoms with Crippen LogP contribution in [0.1, 0.15) is 48.2 Å². The molecular weight excluding hydrogens is 531 g/mol. The number of amides is 2. The molecule has 39 heavy (non-hydrogen) atoms. The van der Waals surface area contributed by atoms with Crippen molar-refractivity contribution in [2.24, 2.45) is 0 Å². The number of fused-ring (bicyclic) bond motifs is 1. The molecule has 2 unspecified atom stereocenters. The number of pyridine rings is 2. The van der Waals surface area contributed by atoms with Crippen LogP contribution in [0.3, 0.4) is 0 Å². The van der Waals surface area contributed by atoms with E-state index < -0.39 is 34.9 Å². The Hall–Kier alpha value is -3.64. The van der Waals surface area contributed by atoms with Gasteiger partial charge in [-0.3, -0.25) is 14.6 Å². The summed E-state index contributed by atoms with van der Waals surface area (Å²) < 4.78 is 50.5. The Morgan fingerprint density at radius 2 is 1.90 bits per heavy atom. The summed E-state index contributed by atoms with van der Waals surface area (Å²) in [4.78, 5) is 38.2. The second-order valence-corrected chi connectivity index (χ2v) is 11.0. The van der Waals surface area contributed by atoms with Crippen molar-refractivity contribution in [2.75, 3.05) is 16.5 Å². The van der Waals surface area contributed by atoms with E-state index in [0.29, 0.717) is 34.2 Å². The molecule has 2 amide bonds. The second-order valence-electron chi connectivity index (χ2n) is 9.65. The van der Waals surface area contributed by atoms with Crippen LogP contribution in [0.4, 0.5) is 24.7 Å². The quantitative estimate of drug-likeness (QED) is 0.431. The molecular formula is C27H26F3N5O3S. The van der Waals surface area contributed by atoms with Gasteiger partial charge >= 0.3 is 6.18 Å². The van der Waals surface area contributed by atoms with Crippen LogP contribution in [0.15, 0.2) is 59.8 Å². The number of rotatable bonds is 7. The first kappa shape index (κ1) is 26.9. The Labute approximate surface area is 226 Å². The van der Waals surface area contributed by atoms with E-state index in [2.05, 4.69) is 15.3 Å². The fourth-order valence-corrected chi connectivity index (χ4v) is 5.24. The normalized spacial score (nSPS) is 17.5. The van der Waals surface area contributed by atoms with Crippen molar-refractivity contribution in [3.63, 3.8) is 0 Å². The van der Waals surface area contributed by atoms with Gasteiger partial charge in [-0.2, -0.15) is 13.2 Å². The largest absolute Gasteiger partial charge is 0.612 e. The Bertz CT molecular complexity index is 1380. The molecule has 0 radical (unpaired) electrons. The number of benzene rings is 1. The number of nitrogens with zero attached hydrogens (tertiary/aromatic N) is 4. The molecule has 0 spiro atoms. The Kier molecular flexibility index (Phi) is 7.25. The zero-order valence-electron chi connectivity index (χ0n) is 21.2. The molecule has 0 bridgehead atoms. The van der Waals surface area contributed by atoms with E-state index in [-0.39, 0.29) is 18.5 Å². The first-order valence-corrected chi connectivity index (χ1v) is 13.9. The summed E-state index contributed by atoms with van der Waals surface area (Å²) in [6.07, 6.45) is 1.36. The topological polar surface area (TPSA) is 101 Å². The average Bonchev–Trinajstić information content (AvgIpc) is 3.66. The predicted molar refractivity (Wildman–Crippen MR) is 139 cm³/mol. The summed E-state index contributed by atoms with van der Waals surface area (Å²) in [5, 5.41) is 2.84. The molecule has 8 nitrogen and oxygen atoms in total. The molecule has 0 saturated heterocycles. The third kappa shape index (κ3) is 5.86. The zero-order chi connectivity index (χ0) is 27.9. The summed E-state index contributed by atoms with van der Waals surface area (Å²) >= 11 is -1.19. The van der Waals surface area contributed by atoms with Crippen LogP contribution in [-0.2, 0) is 40.0 Å². The highest BCUT2D eigenvalue weighted by Crippen LogP contribution is 2.37. The van der Waals surface area contributed by atoms with E-state index in [1.807, 2.05) is 4.90 Å². The highest BCUT2D eigenvalue weighted by Gasteiger charge is 2.38. The number of aromatic nitrogens is 2. The maximum absolute atomic E-state index is 13.3. The Morgan fingerprint density at radius 3 is 2.46 bits per heavy atom. The highest BCUT2D eigenvalue weighted by molar-refractivity contribution is 7.90. The molecule has 3 heterocycles. The Balaban J connectivity index is 1.30. The van der Waals surface area contributed by atoms with Gasteiger partial charge in [0.05, 0.1) is 29.7 Å². The van der Waals surface area contributed by atoms with Crippen molar-refractivity contribution >= 4 is 34.5 Å². The van der Waals surface area contributed by atoms with Crippen LogP contribution >= 0.6 is 0 Å². The molecule has 204 valence electrons.